The Bertz CT molecular complexity index is 3090. The third kappa shape index (κ3) is 11.2. The van der Waals surface area contributed by atoms with E-state index in [0.717, 1.165) is 40.9 Å². The highest BCUT2D eigenvalue weighted by molar-refractivity contribution is 6.15. The third-order valence-corrected chi connectivity index (χ3v) is 14.3. The molecule has 0 saturated heterocycles. The summed E-state index contributed by atoms with van der Waals surface area (Å²) in [5.41, 5.74) is 9.15. The maximum atomic E-state index is 14.1. The monoisotopic (exact) mass is 998 g/mol. The fourth-order valence-electron chi connectivity index (χ4n) is 10.3. The highest BCUT2D eigenvalue weighted by Crippen LogP contribution is 2.42. The highest BCUT2D eigenvalue weighted by atomic mass is 16.5. The SMILES string of the molecule is CC=NCC(=O)CCCCC(=O)N[C@@H](C)C(=O)C[C@@H](C)C(=O)Nc1cc(COc2cc3c(cc2C)C(=O)N2c4ccccc4C[C@H]2C=N3)cc(COc2cc3c(cc2OC)C(=O)N2c4ccccc4C[C@H]2CC3)c1. The summed E-state index contributed by atoms with van der Waals surface area (Å²) in [4.78, 5) is 92.3. The molecule has 4 amide bonds. The molecule has 382 valence electrons. The molecule has 4 atom stereocenters. The number of rotatable bonds is 20. The van der Waals surface area contributed by atoms with Gasteiger partial charge in [0.25, 0.3) is 11.8 Å². The van der Waals surface area contributed by atoms with E-state index in [2.05, 4.69) is 21.7 Å². The van der Waals surface area contributed by atoms with E-state index in [-0.39, 0.29) is 74.0 Å². The molecule has 0 aromatic heterocycles. The predicted octanol–water partition coefficient (Wildman–Crippen LogP) is 9.23. The van der Waals surface area contributed by atoms with Crippen molar-refractivity contribution in [2.24, 2.45) is 15.9 Å². The van der Waals surface area contributed by atoms with Crippen molar-refractivity contribution < 1.29 is 43.0 Å². The largest absolute Gasteiger partial charge is 0.493 e. The highest BCUT2D eigenvalue weighted by Gasteiger charge is 2.39. The van der Waals surface area contributed by atoms with E-state index in [4.69, 9.17) is 19.2 Å². The number of hydrogen-bond donors (Lipinski definition) is 2. The van der Waals surface area contributed by atoms with Gasteiger partial charge in [-0.2, -0.15) is 0 Å². The number of nitrogens with zero attached hydrogens (tertiary/aromatic N) is 4. The number of ketones is 2. The van der Waals surface area contributed by atoms with Crippen molar-refractivity contribution in [1.29, 1.82) is 0 Å². The van der Waals surface area contributed by atoms with Gasteiger partial charge in [-0.3, -0.25) is 43.7 Å². The summed E-state index contributed by atoms with van der Waals surface area (Å²) in [6.07, 6.45) is 7.81. The molecule has 0 unspecified atom stereocenters. The van der Waals surface area contributed by atoms with Crippen LogP contribution in [0.5, 0.6) is 17.2 Å². The second-order valence-electron chi connectivity index (χ2n) is 19.7. The third-order valence-electron chi connectivity index (χ3n) is 14.3. The molecule has 4 aliphatic rings. The van der Waals surface area contributed by atoms with Gasteiger partial charge in [0.15, 0.2) is 23.1 Å². The molecule has 15 heteroatoms. The number of carbonyl (C=O) groups excluding carboxylic acids is 6. The van der Waals surface area contributed by atoms with Crippen LogP contribution >= 0.6 is 0 Å². The van der Waals surface area contributed by atoms with Crippen LogP contribution in [0, 0.1) is 12.8 Å². The lowest BCUT2D eigenvalue weighted by molar-refractivity contribution is -0.129. The van der Waals surface area contributed by atoms with E-state index in [1.54, 1.807) is 58.4 Å². The van der Waals surface area contributed by atoms with Crippen molar-refractivity contribution in [3.05, 3.63) is 136 Å². The quantitative estimate of drug-likeness (QED) is 0.0567. The molecular weight excluding hydrogens is 937 g/mol. The van der Waals surface area contributed by atoms with Gasteiger partial charge in [-0.25, -0.2) is 0 Å². The molecule has 4 aliphatic heterocycles. The number of ether oxygens (including phenoxy) is 3. The number of benzene rings is 5. The van der Waals surface area contributed by atoms with Crippen molar-refractivity contribution in [2.75, 3.05) is 28.8 Å². The van der Waals surface area contributed by atoms with Crippen molar-refractivity contribution in [3.63, 3.8) is 0 Å². The van der Waals surface area contributed by atoms with Gasteiger partial charge >= 0.3 is 0 Å². The summed E-state index contributed by atoms with van der Waals surface area (Å²) in [6, 6.07) is 27.8. The average molecular weight is 999 g/mol. The van der Waals surface area contributed by atoms with Gasteiger partial charge in [-0.05, 0) is 141 Å². The molecule has 0 radical (unpaired) electrons. The van der Waals surface area contributed by atoms with Crippen LogP contribution in [0.2, 0.25) is 0 Å². The first-order valence-corrected chi connectivity index (χ1v) is 25.5. The molecule has 0 fully saturated rings. The van der Waals surface area contributed by atoms with Crippen molar-refractivity contribution in [3.8, 4) is 17.2 Å². The molecule has 0 spiro atoms. The first-order chi connectivity index (χ1) is 35.8. The maximum Gasteiger partial charge on any atom is 0.261 e. The number of aryl methyl sites for hydroxylation is 2. The number of anilines is 3. The number of para-hydroxylation sites is 2. The number of carbonyl (C=O) groups is 6. The van der Waals surface area contributed by atoms with Crippen LogP contribution < -0.4 is 34.6 Å². The zero-order valence-corrected chi connectivity index (χ0v) is 42.6. The number of methoxy groups -OCH3 is 1. The molecule has 0 aliphatic carbocycles. The zero-order valence-electron chi connectivity index (χ0n) is 42.6. The van der Waals surface area contributed by atoms with E-state index in [1.165, 1.54) is 5.56 Å². The van der Waals surface area contributed by atoms with E-state index >= 15 is 0 Å². The van der Waals surface area contributed by atoms with Gasteiger partial charge in [0.2, 0.25) is 11.8 Å². The Hall–Kier alpha value is -7.94. The standard InChI is InChI=1S/C59H62N6O9/c1-6-60-32-46(66)15-9-12-18-56(68)62-37(4)52(67)22-36(3)57(69)63-43-24-38(33-73-53-30-49-48(21-35(53)2)59(71)65-45(31-61-49)27-42-14-8-11-17-51(42)65)23-39(25-43)34-74-55-28-40-19-20-44-26-41-13-7-10-16-50(41)64(44)58(70)47(40)29-54(55)72-5/h6-8,10-11,13-14,16-17,21,23-25,28-31,36-37,44-45H,9,12,15,18-20,22,26-27,32-34H2,1-5H3,(H,62,68)(H,63,69)/t36-,37+,44-,45+/m1/s1. The van der Waals surface area contributed by atoms with Gasteiger partial charge in [0, 0.05) is 72.5 Å². The minimum absolute atomic E-state index is 0.0100. The Morgan fingerprint density at radius 2 is 1.46 bits per heavy atom. The topological polar surface area (TPSA) is 185 Å². The fraction of sp³-hybridized carbons (Fsp3) is 0.356. The van der Waals surface area contributed by atoms with Crippen molar-refractivity contribution in [2.45, 2.75) is 117 Å². The van der Waals surface area contributed by atoms with E-state index < -0.39 is 17.9 Å². The lowest BCUT2D eigenvalue weighted by Crippen LogP contribution is -2.39. The Balaban J connectivity index is 0.905. The van der Waals surface area contributed by atoms with Crippen LogP contribution in [0.3, 0.4) is 0 Å². The number of Topliss-reactive ketones (excluding diaryl/α,β-unsaturated/α-hetero) is 2. The predicted molar refractivity (Wildman–Crippen MR) is 285 cm³/mol. The van der Waals surface area contributed by atoms with Crippen molar-refractivity contribution >= 4 is 70.4 Å². The van der Waals surface area contributed by atoms with E-state index in [0.29, 0.717) is 83.0 Å². The summed E-state index contributed by atoms with van der Waals surface area (Å²) in [6.45, 7) is 7.18. The lowest BCUT2D eigenvalue weighted by Gasteiger charge is -2.23. The second-order valence-corrected chi connectivity index (χ2v) is 19.7. The number of aliphatic imine (C=N–C) groups is 2. The Labute approximate surface area is 431 Å². The minimum atomic E-state index is -0.812. The number of hydrogen-bond acceptors (Lipinski definition) is 11. The molecule has 4 heterocycles. The zero-order chi connectivity index (χ0) is 52.0. The van der Waals surface area contributed by atoms with Crippen LogP contribution in [0.25, 0.3) is 0 Å². The Morgan fingerprint density at radius 3 is 2.19 bits per heavy atom. The van der Waals surface area contributed by atoms with Crippen molar-refractivity contribution in [1.82, 2.24) is 5.32 Å². The summed E-state index contributed by atoms with van der Waals surface area (Å²) in [5.74, 6) is -0.492. The van der Waals surface area contributed by atoms with Gasteiger partial charge in [0.05, 0.1) is 37.0 Å². The molecule has 74 heavy (non-hydrogen) atoms. The Morgan fingerprint density at radius 1 is 0.784 bits per heavy atom. The number of fused-ring (bicyclic) bond motifs is 8. The molecule has 5 aromatic carbocycles. The van der Waals surface area contributed by atoms with Gasteiger partial charge in [-0.1, -0.05) is 43.3 Å². The van der Waals surface area contributed by atoms with E-state index in [1.807, 2.05) is 83.6 Å². The maximum absolute atomic E-state index is 14.1. The smallest absolute Gasteiger partial charge is 0.261 e. The first-order valence-electron chi connectivity index (χ1n) is 25.5. The average Bonchev–Trinajstić information content (AvgIpc) is 3.89. The molecule has 15 nitrogen and oxygen atoms in total. The molecular formula is C59H62N6O9. The second kappa shape index (κ2) is 22.4. The van der Waals surface area contributed by atoms with Gasteiger partial charge in [0.1, 0.15) is 19.0 Å². The molecule has 2 N–H and O–H groups in total. The van der Waals surface area contributed by atoms with Gasteiger partial charge in [-0.15, -0.1) is 0 Å². The number of unbranched alkanes of at least 4 members (excludes halogenated alkanes) is 1. The minimum Gasteiger partial charge on any atom is -0.493 e. The van der Waals surface area contributed by atoms with E-state index in [9.17, 15) is 28.8 Å². The molecule has 9 rings (SSSR count). The Kier molecular flexibility index (Phi) is 15.5. The summed E-state index contributed by atoms with van der Waals surface area (Å²) in [5, 5.41) is 5.74. The molecule has 0 saturated carbocycles. The summed E-state index contributed by atoms with van der Waals surface area (Å²) in [7, 11) is 1.54. The summed E-state index contributed by atoms with van der Waals surface area (Å²) < 4.78 is 18.8. The van der Waals surface area contributed by atoms with Gasteiger partial charge < -0.3 is 29.7 Å². The summed E-state index contributed by atoms with van der Waals surface area (Å²) >= 11 is 0. The first kappa shape index (κ1) is 51.0. The number of nitrogens with one attached hydrogen (secondary N) is 2. The fourth-order valence-corrected chi connectivity index (χ4v) is 10.3. The number of amides is 4. The van der Waals surface area contributed by atoms with Crippen LogP contribution in [-0.4, -0.2) is 79.4 Å². The normalized spacial score (nSPS) is 16.9. The van der Waals surface area contributed by atoms with Crippen LogP contribution in [-0.2, 0) is 51.7 Å². The molecule has 5 aromatic rings. The van der Waals surface area contributed by atoms with Crippen LogP contribution in [0.4, 0.5) is 22.7 Å². The van der Waals surface area contributed by atoms with Crippen LogP contribution in [0.1, 0.15) is 113 Å². The molecule has 0 bridgehead atoms. The van der Waals surface area contributed by atoms with Crippen LogP contribution in [0.15, 0.2) is 101 Å². The lowest BCUT2D eigenvalue weighted by atomic mass is 9.99.